The fourth-order valence-corrected chi connectivity index (χ4v) is 1.91. The molecule has 10 heteroatoms. The molecule has 17 heavy (non-hydrogen) atoms. The van der Waals surface area contributed by atoms with Gasteiger partial charge in [0.15, 0.2) is 0 Å². The summed E-state index contributed by atoms with van der Waals surface area (Å²) in [6.07, 6.45) is 1.11. The van der Waals surface area contributed by atoms with Crippen LogP contribution in [0.2, 0.25) is 0 Å². The molecule has 0 fully saturated rings. The van der Waals surface area contributed by atoms with Crippen LogP contribution in [-0.2, 0) is 10.0 Å². The monoisotopic (exact) mass is 258 g/mol. The van der Waals surface area contributed by atoms with Gasteiger partial charge in [0.25, 0.3) is 10.0 Å². The van der Waals surface area contributed by atoms with Gasteiger partial charge >= 0.3 is 5.97 Å². The summed E-state index contributed by atoms with van der Waals surface area (Å²) in [6, 6.07) is 2.07. The molecular weight excluding hydrogens is 252 g/mol. The normalized spacial score (nSPS) is 11.3. The van der Waals surface area contributed by atoms with E-state index in [4.69, 9.17) is 5.11 Å². The molecule has 0 saturated carbocycles. The van der Waals surface area contributed by atoms with Crippen molar-refractivity contribution in [2.75, 3.05) is 4.72 Å². The van der Waals surface area contributed by atoms with Crippen molar-refractivity contribution in [3.63, 3.8) is 0 Å². The summed E-state index contributed by atoms with van der Waals surface area (Å²) in [5.41, 5.74) is 0. The molecule has 2 heterocycles. The molecule has 0 spiro atoms. The number of carbonyl (C=O) groups is 1. The van der Waals surface area contributed by atoms with Crippen molar-refractivity contribution in [2.24, 2.45) is 0 Å². The summed E-state index contributed by atoms with van der Waals surface area (Å²) in [4.78, 5) is 14.1. The summed E-state index contributed by atoms with van der Waals surface area (Å²) in [6.45, 7) is 0. The molecule has 2 aromatic rings. The van der Waals surface area contributed by atoms with Gasteiger partial charge in [-0.1, -0.05) is 0 Å². The van der Waals surface area contributed by atoms with E-state index in [0.717, 1.165) is 18.5 Å². The molecule has 2 aromatic heterocycles. The minimum atomic E-state index is -4.01. The van der Waals surface area contributed by atoms with Crippen molar-refractivity contribution in [3.8, 4) is 0 Å². The predicted octanol–water partition coefficient (Wildman–Crippen LogP) is -0.103. The number of carboxylic acid groups (broad SMARTS) is 1. The van der Waals surface area contributed by atoms with Gasteiger partial charge in [-0.25, -0.2) is 14.6 Å². The third-order valence-electron chi connectivity index (χ3n) is 1.70. The molecule has 0 aliphatic rings. The molecule has 90 valence electrons. The second-order valence-electron chi connectivity index (χ2n) is 2.86. The zero-order valence-electron chi connectivity index (χ0n) is 8.11. The number of hydrogen-bond acceptors (Lipinski definition) is 6. The SMILES string of the molecule is O=C(O)c1ccc(S(=O)(=O)Nc2ncn[nH]2)o1. The average molecular weight is 258 g/mol. The Morgan fingerprint density at radius 2 is 2.24 bits per heavy atom. The van der Waals surface area contributed by atoms with Crippen LogP contribution in [0, 0.1) is 0 Å². The molecule has 0 aliphatic heterocycles. The number of anilines is 1. The molecule has 0 aliphatic carbocycles. The van der Waals surface area contributed by atoms with Gasteiger partial charge in [-0.15, -0.1) is 0 Å². The Bertz CT molecular complexity index is 629. The Kier molecular flexibility index (Phi) is 2.55. The number of sulfonamides is 1. The highest BCUT2D eigenvalue weighted by molar-refractivity contribution is 7.92. The van der Waals surface area contributed by atoms with Crippen LogP contribution in [0.4, 0.5) is 5.95 Å². The third-order valence-corrected chi connectivity index (χ3v) is 2.91. The fraction of sp³-hybridized carbons (Fsp3) is 0. The first-order chi connectivity index (χ1) is 7.99. The lowest BCUT2D eigenvalue weighted by atomic mass is 10.5. The standard InChI is InChI=1S/C7H6N4O5S/c12-6(13)4-1-2-5(16-4)17(14,15)11-7-8-3-9-10-7/h1-3H,(H,12,13)(H2,8,9,10,11). The van der Waals surface area contributed by atoms with E-state index in [1.807, 2.05) is 4.72 Å². The number of hydrogen-bond donors (Lipinski definition) is 3. The first-order valence-corrected chi connectivity index (χ1v) is 5.69. The summed E-state index contributed by atoms with van der Waals surface area (Å²) in [7, 11) is -4.01. The van der Waals surface area contributed by atoms with Gasteiger partial charge < -0.3 is 9.52 Å². The maximum Gasteiger partial charge on any atom is 0.371 e. The van der Waals surface area contributed by atoms with Gasteiger partial charge in [0.05, 0.1) is 0 Å². The van der Waals surface area contributed by atoms with Gasteiger partial charge in [0, 0.05) is 0 Å². The largest absolute Gasteiger partial charge is 0.475 e. The molecule has 0 amide bonds. The highest BCUT2D eigenvalue weighted by Crippen LogP contribution is 2.16. The second-order valence-corrected chi connectivity index (χ2v) is 4.48. The topological polar surface area (TPSA) is 138 Å². The lowest BCUT2D eigenvalue weighted by Gasteiger charge is -2.00. The van der Waals surface area contributed by atoms with E-state index in [2.05, 4.69) is 19.6 Å². The van der Waals surface area contributed by atoms with Crippen LogP contribution in [0.25, 0.3) is 0 Å². The Morgan fingerprint density at radius 3 is 2.76 bits per heavy atom. The maximum atomic E-state index is 11.6. The number of aromatic nitrogens is 3. The molecule has 0 saturated heterocycles. The molecule has 3 N–H and O–H groups in total. The number of rotatable bonds is 4. The van der Waals surface area contributed by atoms with Crippen molar-refractivity contribution < 1.29 is 22.7 Å². The summed E-state index contributed by atoms with van der Waals surface area (Å²) < 4.78 is 30.0. The highest BCUT2D eigenvalue weighted by Gasteiger charge is 2.21. The second kappa shape index (κ2) is 3.90. The van der Waals surface area contributed by atoms with E-state index in [9.17, 15) is 13.2 Å². The van der Waals surface area contributed by atoms with Crippen LogP contribution in [0.3, 0.4) is 0 Å². The minimum Gasteiger partial charge on any atom is -0.475 e. The van der Waals surface area contributed by atoms with Crippen LogP contribution in [-0.4, -0.2) is 34.7 Å². The smallest absolute Gasteiger partial charge is 0.371 e. The zero-order valence-corrected chi connectivity index (χ0v) is 8.93. The molecule has 0 bridgehead atoms. The van der Waals surface area contributed by atoms with Crippen LogP contribution >= 0.6 is 0 Å². The first kappa shape index (κ1) is 11.1. The first-order valence-electron chi connectivity index (χ1n) is 4.20. The Balaban J connectivity index is 2.28. The quantitative estimate of drug-likeness (QED) is 0.695. The Morgan fingerprint density at radius 1 is 1.47 bits per heavy atom. The summed E-state index contributed by atoms with van der Waals surface area (Å²) in [5.74, 6) is -1.92. The molecular formula is C7H6N4O5S. The molecule has 0 radical (unpaired) electrons. The molecule has 9 nitrogen and oxygen atoms in total. The number of nitrogens with zero attached hydrogens (tertiary/aromatic N) is 2. The van der Waals surface area contributed by atoms with E-state index in [-0.39, 0.29) is 5.95 Å². The lowest BCUT2D eigenvalue weighted by Crippen LogP contribution is -2.13. The summed E-state index contributed by atoms with van der Waals surface area (Å²) in [5, 5.41) is 13.8. The molecule has 0 aromatic carbocycles. The molecule has 0 unspecified atom stereocenters. The number of carboxylic acids is 1. The average Bonchev–Trinajstić information content (AvgIpc) is 2.84. The fourth-order valence-electron chi connectivity index (χ4n) is 1.01. The van der Waals surface area contributed by atoms with Gasteiger partial charge in [-0.2, -0.15) is 18.5 Å². The molecule has 2 rings (SSSR count). The predicted molar refractivity (Wildman–Crippen MR) is 52.9 cm³/mol. The van der Waals surface area contributed by atoms with Crippen molar-refractivity contribution in [3.05, 3.63) is 24.2 Å². The van der Waals surface area contributed by atoms with Crippen LogP contribution in [0.15, 0.2) is 28.0 Å². The molecule has 0 atom stereocenters. The van der Waals surface area contributed by atoms with Crippen molar-refractivity contribution in [2.45, 2.75) is 5.09 Å². The number of aromatic amines is 1. The summed E-state index contributed by atoms with van der Waals surface area (Å²) >= 11 is 0. The maximum absolute atomic E-state index is 11.6. The third kappa shape index (κ3) is 2.25. The number of aromatic carboxylic acids is 1. The number of H-pyrrole nitrogens is 1. The van der Waals surface area contributed by atoms with Crippen LogP contribution < -0.4 is 4.72 Å². The Hall–Kier alpha value is -2.36. The van der Waals surface area contributed by atoms with E-state index >= 15 is 0 Å². The lowest BCUT2D eigenvalue weighted by molar-refractivity contribution is 0.0656. The van der Waals surface area contributed by atoms with Crippen LogP contribution in [0.1, 0.15) is 10.6 Å². The minimum absolute atomic E-state index is 0.0988. The van der Waals surface area contributed by atoms with E-state index in [1.54, 1.807) is 0 Å². The number of nitrogens with one attached hydrogen (secondary N) is 2. The van der Waals surface area contributed by atoms with E-state index in [1.165, 1.54) is 0 Å². The Labute approximate surface area is 94.5 Å². The van der Waals surface area contributed by atoms with E-state index < -0.39 is 26.8 Å². The van der Waals surface area contributed by atoms with Gasteiger partial charge in [-0.05, 0) is 12.1 Å². The van der Waals surface area contributed by atoms with Gasteiger partial charge in [0.1, 0.15) is 6.33 Å². The van der Waals surface area contributed by atoms with E-state index in [0.29, 0.717) is 0 Å². The van der Waals surface area contributed by atoms with Gasteiger partial charge in [-0.3, -0.25) is 0 Å². The van der Waals surface area contributed by atoms with Gasteiger partial charge in [0.2, 0.25) is 16.8 Å². The van der Waals surface area contributed by atoms with Crippen molar-refractivity contribution in [1.29, 1.82) is 0 Å². The van der Waals surface area contributed by atoms with Crippen LogP contribution in [0.5, 0.6) is 0 Å². The van der Waals surface area contributed by atoms with Crippen molar-refractivity contribution in [1.82, 2.24) is 15.2 Å². The van der Waals surface area contributed by atoms with Crippen molar-refractivity contribution >= 4 is 21.9 Å². The highest BCUT2D eigenvalue weighted by atomic mass is 32.2. The number of furan rings is 1. The zero-order chi connectivity index (χ0) is 12.5.